The summed E-state index contributed by atoms with van der Waals surface area (Å²) >= 11 is 6.10. The molecule has 9 nitrogen and oxygen atoms in total. The number of halogens is 1. The largest absolute Gasteiger partial charge is 0.379 e. The summed E-state index contributed by atoms with van der Waals surface area (Å²) in [5, 5.41) is 14.4. The van der Waals surface area contributed by atoms with Gasteiger partial charge in [0.1, 0.15) is 5.65 Å². The second-order valence-electron chi connectivity index (χ2n) is 6.13. The quantitative estimate of drug-likeness (QED) is 0.703. The fourth-order valence-electron chi connectivity index (χ4n) is 3.02. The second-order valence-corrected chi connectivity index (χ2v) is 8.34. The van der Waals surface area contributed by atoms with Crippen LogP contribution in [0.3, 0.4) is 0 Å². The molecule has 138 valence electrons. The van der Waals surface area contributed by atoms with Crippen LogP contribution < -0.4 is 0 Å². The van der Waals surface area contributed by atoms with E-state index in [4.69, 9.17) is 16.1 Å². The Kier molecular flexibility index (Phi) is 4.03. The van der Waals surface area contributed by atoms with Gasteiger partial charge in [-0.05, 0) is 12.1 Å². The molecule has 26 heavy (non-hydrogen) atoms. The Morgan fingerprint density at radius 1 is 1.38 bits per heavy atom. The van der Waals surface area contributed by atoms with E-state index in [0.29, 0.717) is 17.9 Å². The fourth-order valence-corrected chi connectivity index (χ4v) is 5.11. The van der Waals surface area contributed by atoms with Gasteiger partial charge in [0.2, 0.25) is 0 Å². The first kappa shape index (κ1) is 17.4. The molecule has 4 rings (SSSR count). The van der Waals surface area contributed by atoms with Gasteiger partial charge in [-0.2, -0.15) is 9.29 Å². The van der Waals surface area contributed by atoms with Gasteiger partial charge in [0.25, 0.3) is 15.9 Å². The summed E-state index contributed by atoms with van der Waals surface area (Å²) in [4.78, 5) is 8.22. The van der Waals surface area contributed by atoms with Crippen molar-refractivity contribution in [3.05, 3.63) is 41.3 Å². The zero-order valence-corrected chi connectivity index (χ0v) is 15.4. The summed E-state index contributed by atoms with van der Waals surface area (Å²) in [6.45, 7) is 1.76. The number of β-amino-alcohol motifs (C(OH)–C–C–N with tert-alkyl or cyclic N) is 1. The Labute approximate surface area is 154 Å². The van der Waals surface area contributed by atoms with E-state index in [1.807, 2.05) is 6.92 Å². The Morgan fingerprint density at radius 3 is 2.92 bits per heavy atom. The van der Waals surface area contributed by atoms with E-state index in [1.54, 1.807) is 24.4 Å². The van der Waals surface area contributed by atoms with Gasteiger partial charge >= 0.3 is 0 Å². The molecule has 0 spiro atoms. The first-order valence-corrected chi connectivity index (χ1v) is 9.85. The van der Waals surface area contributed by atoms with Crippen molar-refractivity contribution >= 4 is 27.3 Å². The number of aromatic nitrogens is 4. The van der Waals surface area contributed by atoms with E-state index in [-0.39, 0.29) is 35.6 Å². The van der Waals surface area contributed by atoms with Crippen LogP contribution in [0.15, 0.2) is 33.9 Å². The minimum Gasteiger partial charge on any atom is -0.379 e. The minimum absolute atomic E-state index is 0.0243. The van der Waals surface area contributed by atoms with E-state index < -0.39 is 15.6 Å². The number of sulfonamides is 1. The monoisotopic (exact) mass is 397 g/mol. The van der Waals surface area contributed by atoms with Crippen molar-refractivity contribution in [2.75, 3.05) is 13.1 Å². The zero-order valence-electron chi connectivity index (χ0n) is 13.8. The molecule has 0 bridgehead atoms. The predicted octanol–water partition coefficient (Wildman–Crippen LogP) is 1.22. The number of imidazole rings is 1. The Hall–Kier alpha value is -2.01. The topological polar surface area (TPSA) is 114 Å². The molecule has 0 aromatic carbocycles. The molecule has 11 heteroatoms. The highest BCUT2D eigenvalue weighted by Crippen LogP contribution is 2.35. The SMILES string of the molecule is CCc1noc([C@]2(O)CCN(S(=O)(=O)c3c(Cl)nc4ccccn34)C2)n1. The Morgan fingerprint density at radius 2 is 2.19 bits per heavy atom. The minimum atomic E-state index is -3.98. The van der Waals surface area contributed by atoms with Crippen molar-refractivity contribution in [3.8, 4) is 0 Å². The maximum absolute atomic E-state index is 13.1. The molecule has 0 amide bonds. The van der Waals surface area contributed by atoms with E-state index in [2.05, 4.69) is 15.1 Å². The third-order valence-corrected chi connectivity index (χ3v) is 6.67. The van der Waals surface area contributed by atoms with E-state index >= 15 is 0 Å². The lowest BCUT2D eigenvalue weighted by Crippen LogP contribution is -2.35. The van der Waals surface area contributed by atoms with E-state index in [1.165, 1.54) is 4.40 Å². The van der Waals surface area contributed by atoms with Crippen LogP contribution in [0.4, 0.5) is 0 Å². The van der Waals surface area contributed by atoms with Crippen LogP contribution in [0.2, 0.25) is 5.15 Å². The molecule has 1 atom stereocenters. The molecule has 1 fully saturated rings. The van der Waals surface area contributed by atoms with Gasteiger partial charge in [-0.25, -0.2) is 13.4 Å². The van der Waals surface area contributed by atoms with Gasteiger partial charge in [0.05, 0.1) is 6.54 Å². The lowest BCUT2D eigenvalue weighted by atomic mass is 10.0. The van der Waals surface area contributed by atoms with Crippen LogP contribution in [0.5, 0.6) is 0 Å². The van der Waals surface area contributed by atoms with Crippen molar-refractivity contribution in [3.63, 3.8) is 0 Å². The van der Waals surface area contributed by atoms with Crippen molar-refractivity contribution in [1.82, 2.24) is 23.8 Å². The van der Waals surface area contributed by atoms with Crippen LogP contribution in [0.25, 0.3) is 5.65 Å². The average molecular weight is 398 g/mol. The molecule has 3 aromatic rings. The number of nitrogens with zero attached hydrogens (tertiary/aromatic N) is 5. The predicted molar refractivity (Wildman–Crippen MR) is 91.2 cm³/mol. The zero-order chi connectivity index (χ0) is 18.5. The number of pyridine rings is 1. The lowest BCUT2D eigenvalue weighted by Gasteiger charge is -2.19. The Balaban J connectivity index is 1.70. The number of aliphatic hydroxyl groups is 1. The molecule has 0 unspecified atom stereocenters. The molecule has 1 aliphatic heterocycles. The number of hydrogen-bond donors (Lipinski definition) is 1. The van der Waals surface area contributed by atoms with Gasteiger partial charge in [-0.15, -0.1) is 0 Å². The summed E-state index contributed by atoms with van der Waals surface area (Å²) in [6, 6.07) is 5.09. The summed E-state index contributed by atoms with van der Waals surface area (Å²) in [6.07, 6.45) is 2.28. The van der Waals surface area contributed by atoms with Crippen molar-refractivity contribution in [2.24, 2.45) is 0 Å². The number of hydrogen-bond acceptors (Lipinski definition) is 7. The number of rotatable bonds is 4. The van der Waals surface area contributed by atoms with Gasteiger partial charge in [-0.3, -0.25) is 4.40 Å². The molecule has 1 N–H and O–H groups in total. The maximum atomic E-state index is 13.1. The number of aryl methyl sites for hydroxylation is 1. The third-order valence-electron chi connectivity index (χ3n) is 4.43. The molecular formula is C15H16ClN5O4S. The highest BCUT2D eigenvalue weighted by molar-refractivity contribution is 7.89. The fraction of sp³-hybridized carbons (Fsp3) is 0.400. The molecule has 0 radical (unpaired) electrons. The molecule has 1 aliphatic rings. The maximum Gasteiger partial charge on any atom is 0.262 e. The highest BCUT2D eigenvalue weighted by atomic mass is 35.5. The van der Waals surface area contributed by atoms with Gasteiger partial charge in [0.15, 0.2) is 21.6 Å². The summed E-state index contributed by atoms with van der Waals surface area (Å²) in [7, 11) is -3.98. The summed E-state index contributed by atoms with van der Waals surface area (Å²) in [5.74, 6) is 0.482. The van der Waals surface area contributed by atoms with Crippen LogP contribution in [0.1, 0.15) is 25.1 Å². The van der Waals surface area contributed by atoms with Gasteiger partial charge < -0.3 is 9.63 Å². The van der Waals surface area contributed by atoms with E-state index in [9.17, 15) is 13.5 Å². The average Bonchev–Trinajstić information content (AvgIpc) is 3.30. The smallest absolute Gasteiger partial charge is 0.262 e. The van der Waals surface area contributed by atoms with Crippen molar-refractivity contribution in [2.45, 2.75) is 30.4 Å². The Bertz CT molecular complexity index is 1080. The lowest BCUT2D eigenvalue weighted by molar-refractivity contribution is 0.0194. The van der Waals surface area contributed by atoms with Crippen molar-refractivity contribution < 1.29 is 18.0 Å². The third kappa shape index (κ3) is 2.60. The molecule has 4 heterocycles. The molecular weight excluding hydrogens is 382 g/mol. The molecule has 1 saturated heterocycles. The first-order valence-electron chi connectivity index (χ1n) is 8.03. The van der Waals surface area contributed by atoms with E-state index in [0.717, 1.165) is 4.31 Å². The van der Waals surface area contributed by atoms with Gasteiger partial charge in [-0.1, -0.05) is 29.7 Å². The summed E-state index contributed by atoms with van der Waals surface area (Å²) < 4.78 is 33.9. The van der Waals surface area contributed by atoms with Crippen LogP contribution >= 0.6 is 11.6 Å². The molecule has 0 saturated carbocycles. The van der Waals surface area contributed by atoms with Crippen LogP contribution in [-0.4, -0.2) is 50.4 Å². The first-order chi connectivity index (χ1) is 12.3. The normalized spacial score (nSPS) is 21.7. The molecule has 0 aliphatic carbocycles. The highest BCUT2D eigenvalue weighted by Gasteiger charge is 2.47. The standard InChI is InChI=1S/C15H16ClN5O4S/c1-2-10-17-14(25-19-10)15(22)6-8-20(9-15)26(23,24)13-12(16)18-11-5-3-4-7-21(11)13/h3-5,7,22H,2,6,8-9H2,1H3/t15-/m0/s1. The summed E-state index contributed by atoms with van der Waals surface area (Å²) in [5.41, 5.74) is -1.10. The number of fused-ring (bicyclic) bond motifs is 1. The molecule has 3 aromatic heterocycles. The van der Waals surface area contributed by atoms with Crippen LogP contribution in [-0.2, 0) is 22.0 Å². The second kappa shape index (κ2) is 6.02. The van der Waals surface area contributed by atoms with Gasteiger partial charge in [0, 0.05) is 25.6 Å². The van der Waals surface area contributed by atoms with Crippen molar-refractivity contribution in [1.29, 1.82) is 0 Å². The van der Waals surface area contributed by atoms with Crippen LogP contribution in [0, 0.1) is 0 Å².